The quantitative estimate of drug-likeness (QED) is 0.641. The van der Waals surface area contributed by atoms with E-state index in [4.69, 9.17) is 31.1 Å². The predicted octanol–water partition coefficient (Wildman–Crippen LogP) is 2.67. The number of fused-ring (bicyclic) bond motifs is 1. The molecule has 0 fully saturated rings. The molecule has 142 valence electrons. The normalized spacial score (nSPS) is 15.1. The van der Waals surface area contributed by atoms with Gasteiger partial charge < -0.3 is 30.0 Å². The number of hydrogen-bond donors (Lipinski definition) is 2. The van der Waals surface area contributed by atoms with Crippen molar-refractivity contribution in [1.29, 1.82) is 0 Å². The van der Waals surface area contributed by atoms with Gasteiger partial charge in [0, 0.05) is 29.5 Å². The highest BCUT2D eigenvalue weighted by Crippen LogP contribution is 2.33. The van der Waals surface area contributed by atoms with Crippen LogP contribution in [-0.4, -0.2) is 39.6 Å². The smallest absolute Gasteiger partial charge is 0.163 e. The maximum absolute atomic E-state index is 6.22. The predicted molar refractivity (Wildman–Crippen MR) is 105 cm³/mol. The van der Waals surface area contributed by atoms with Gasteiger partial charge in [-0.15, -0.1) is 6.42 Å². The van der Waals surface area contributed by atoms with Crippen molar-refractivity contribution in [3.8, 4) is 23.8 Å². The zero-order chi connectivity index (χ0) is 18.9. The molecule has 1 aliphatic rings. The molecular weight excluding hydrogens is 344 g/mol. The van der Waals surface area contributed by atoms with E-state index in [1.54, 1.807) is 6.07 Å². The number of nitrogen functional groups attached to an aromatic ring is 1. The van der Waals surface area contributed by atoms with Gasteiger partial charge in [0.15, 0.2) is 11.5 Å². The fraction of sp³-hybridized carbons (Fsp3) is 0.333. The minimum absolute atomic E-state index is 0.423. The topological polar surface area (TPSA) is 75.0 Å². The summed E-state index contributed by atoms with van der Waals surface area (Å²) in [6, 6.07) is 11.4. The molecule has 0 saturated heterocycles. The number of ether oxygens (including phenoxy) is 4. The van der Waals surface area contributed by atoms with Crippen LogP contribution in [0.2, 0.25) is 0 Å². The van der Waals surface area contributed by atoms with Crippen LogP contribution in [0.15, 0.2) is 36.4 Å². The van der Waals surface area contributed by atoms with E-state index in [-0.39, 0.29) is 0 Å². The van der Waals surface area contributed by atoms with Crippen LogP contribution < -0.4 is 20.5 Å². The van der Waals surface area contributed by atoms with Crippen LogP contribution in [0.4, 0.5) is 11.4 Å². The molecule has 0 spiro atoms. The van der Waals surface area contributed by atoms with Crippen molar-refractivity contribution >= 4 is 11.4 Å². The third-order valence-corrected chi connectivity index (χ3v) is 4.06. The molecule has 1 aliphatic heterocycles. The molecule has 0 unspecified atom stereocenters. The van der Waals surface area contributed by atoms with Gasteiger partial charge in [0.1, 0.15) is 13.2 Å². The van der Waals surface area contributed by atoms with Gasteiger partial charge in [0.2, 0.25) is 0 Å². The Balaban J connectivity index is 1.73. The lowest BCUT2D eigenvalue weighted by atomic mass is 10.1. The summed E-state index contributed by atoms with van der Waals surface area (Å²) in [6.45, 7) is 3.45. The first-order chi connectivity index (χ1) is 13.3. The lowest BCUT2D eigenvalue weighted by Gasteiger charge is -2.18. The Bertz CT molecular complexity index is 801. The van der Waals surface area contributed by atoms with E-state index in [1.165, 1.54) is 0 Å². The fourth-order valence-electron chi connectivity index (χ4n) is 2.66. The van der Waals surface area contributed by atoms with E-state index in [0.717, 1.165) is 16.8 Å². The van der Waals surface area contributed by atoms with Gasteiger partial charge in [-0.3, -0.25) is 0 Å². The Morgan fingerprint density at radius 2 is 1.59 bits per heavy atom. The molecule has 2 aromatic rings. The van der Waals surface area contributed by atoms with Gasteiger partial charge in [-0.25, -0.2) is 0 Å². The van der Waals surface area contributed by atoms with Gasteiger partial charge in [-0.1, -0.05) is 12.0 Å². The van der Waals surface area contributed by atoms with Gasteiger partial charge in [0.05, 0.1) is 26.4 Å². The number of anilines is 2. The van der Waals surface area contributed by atoms with Crippen molar-refractivity contribution in [3.05, 3.63) is 47.5 Å². The maximum atomic E-state index is 6.22. The number of nitrogens with two attached hydrogens (primary N) is 1. The molecule has 0 radical (unpaired) electrons. The molecule has 6 heteroatoms. The molecule has 2 aromatic carbocycles. The zero-order valence-corrected chi connectivity index (χ0v) is 15.2. The van der Waals surface area contributed by atoms with E-state index in [1.807, 2.05) is 30.3 Å². The summed E-state index contributed by atoms with van der Waals surface area (Å²) in [7, 11) is 0. The van der Waals surface area contributed by atoms with Crippen LogP contribution in [0.5, 0.6) is 11.5 Å². The first-order valence-corrected chi connectivity index (χ1v) is 8.90. The summed E-state index contributed by atoms with van der Waals surface area (Å²) in [5.74, 6) is 3.88. The first-order valence-electron chi connectivity index (χ1n) is 8.90. The van der Waals surface area contributed by atoms with Crippen molar-refractivity contribution in [2.24, 2.45) is 0 Å². The molecule has 6 nitrogen and oxygen atoms in total. The minimum atomic E-state index is 0.423. The number of nitrogens with one attached hydrogen (secondary N) is 1. The number of terminal acetylenes is 1. The molecule has 0 amide bonds. The summed E-state index contributed by atoms with van der Waals surface area (Å²) in [5, 5.41) is 3.34. The lowest BCUT2D eigenvalue weighted by molar-refractivity contribution is 0.0223. The van der Waals surface area contributed by atoms with E-state index in [2.05, 4.69) is 11.2 Å². The lowest BCUT2D eigenvalue weighted by Crippen LogP contribution is -2.16. The summed E-state index contributed by atoms with van der Waals surface area (Å²) in [5.41, 5.74) is 9.51. The summed E-state index contributed by atoms with van der Waals surface area (Å²) < 4.78 is 22.5. The van der Waals surface area contributed by atoms with E-state index in [0.29, 0.717) is 63.4 Å². The average molecular weight is 368 g/mol. The van der Waals surface area contributed by atoms with Gasteiger partial charge >= 0.3 is 0 Å². The summed E-state index contributed by atoms with van der Waals surface area (Å²) >= 11 is 0. The Morgan fingerprint density at radius 1 is 0.926 bits per heavy atom. The number of rotatable bonds is 3. The van der Waals surface area contributed by atoms with E-state index < -0.39 is 0 Å². The Morgan fingerprint density at radius 3 is 2.30 bits per heavy atom. The van der Waals surface area contributed by atoms with Crippen LogP contribution in [0.25, 0.3) is 0 Å². The van der Waals surface area contributed by atoms with Crippen LogP contribution in [0.1, 0.15) is 11.1 Å². The average Bonchev–Trinajstić information content (AvgIpc) is 2.68. The maximum Gasteiger partial charge on any atom is 0.163 e. The first kappa shape index (κ1) is 18.9. The molecule has 0 bridgehead atoms. The van der Waals surface area contributed by atoms with Gasteiger partial charge in [-0.2, -0.15) is 0 Å². The Kier molecular flexibility index (Phi) is 6.80. The second kappa shape index (κ2) is 9.72. The zero-order valence-electron chi connectivity index (χ0n) is 15.2. The van der Waals surface area contributed by atoms with Crippen molar-refractivity contribution in [3.63, 3.8) is 0 Å². The van der Waals surface area contributed by atoms with Gasteiger partial charge in [0.25, 0.3) is 0 Å². The molecule has 0 saturated carbocycles. The Labute approximate surface area is 159 Å². The molecule has 3 N–H and O–H groups in total. The minimum Gasteiger partial charge on any atom is -0.487 e. The van der Waals surface area contributed by atoms with Crippen molar-refractivity contribution in [2.75, 3.05) is 50.7 Å². The van der Waals surface area contributed by atoms with E-state index in [9.17, 15) is 0 Å². The largest absolute Gasteiger partial charge is 0.487 e. The highest BCUT2D eigenvalue weighted by Gasteiger charge is 2.12. The highest BCUT2D eigenvalue weighted by molar-refractivity contribution is 5.59. The molecule has 0 aromatic heterocycles. The second-order valence-corrected chi connectivity index (χ2v) is 6.00. The molecular formula is C21H24N2O4. The van der Waals surface area contributed by atoms with Crippen molar-refractivity contribution < 1.29 is 18.9 Å². The third kappa shape index (κ3) is 5.55. The van der Waals surface area contributed by atoms with Crippen LogP contribution in [0, 0.1) is 12.3 Å². The van der Waals surface area contributed by atoms with E-state index >= 15 is 0 Å². The van der Waals surface area contributed by atoms with Crippen LogP contribution >= 0.6 is 0 Å². The monoisotopic (exact) mass is 368 g/mol. The van der Waals surface area contributed by atoms with Crippen molar-refractivity contribution in [1.82, 2.24) is 0 Å². The molecule has 1 heterocycles. The molecule has 3 rings (SSSR count). The number of benzene rings is 2. The van der Waals surface area contributed by atoms with Crippen LogP contribution in [-0.2, 0) is 16.0 Å². The molecule has 0 aliphatic carbocycles. The van der Waals surface area contributed by atoms with Gasteiger partial charge in [-0.05, 0) is 29.8 Å². The Hall–Kier alpha value is -2.88. The fourth-order valence-corrected chi connectivity index (χ4v) is 2.66. The second-order valence-electron chi connectivity index (χ2n) is 6.00. The standard InChI is InChI=1S/C21H24N2O4/c1-2-16-4-3-5-18(12-16)23-15-17-13-20-21(14-19(17)22)27-11-9-25-7-6-24-8-10-26-20/h1,3-5,12-14,23H,6-11,15,22H2. The third-order valence-electron chi connectivity index (χ3n) is 4.06. The SMILES string of the molecule is C#Cc1cccc(NCc2cc3c(cc2N)OCCOCCOCCO3)c1. The summed E-state index contributed by atoms with van der Waals surface area (Å²) in [6.07, 6.45) is 5.45. The molecule has 0 atom stereocenters. The van der Waals surface area contributed by atoms with Crippen molar-refractivity contribution in [2.45, 2.75) is 6.54 Å². The number of hydrogen-bond acceptors (Lipinski definition) is 6. The summed E-state index contributed by atoms with van der Waals surface area (Å²) in [4.78, 5) is 0. The highest BCUT2D eigenvalue weighted by atomic mass is 16.6. The molecule has 27 heavy (non-hydrogen) atoms. The van der Waals surface area contributed by atoms with Crippen LogP contribution in [0.3, 0.4) is 0 Å².